The average molecular weight is 471 g/mol. The van der Waals surface area contributed by atoms with Gasteiger partial charge in [0.15, 0.2) is 0 Å². The largest absolute Gasteiger partial charge is 0.492 e. The molecule has 4 heteroatoms. The van der Waals surface area contributed by atoms with Gasteiger partial charge in [0.2, 0.25) is 0 Å². The molecular weight excluding hydrogens is 448 g/mol. The van der Waals surface area contributed by atoms with Crippen LogP contribution in [0.4, 0.5) is 0 Å². The summed E-state index contributed by atoms with van der Waals surface area (Å²) in [5, 5.41) is 0. The van der Waals surface area contributed by atoms with Gasteiger partial charge in [-0.2, -0.15) is 0 Å². The summed E-state index contributed by atoms with van der Waals surface area (Å²) in [6, 6.07) is 3.99. The molecule has 114 valence electrons. The molecule has 20 heavy (non-hydrogen) atoms. The van der Waals surface area contributed by atoms with Crippen molar-refractivity contribution in [2.24, 2.45) is 0 Å². The number of halogens is 3. The minimum absolute atomic E-state index is 0.793. The lowest BCUT2D eigenvalue weighted by atomic mass is 10.1. The van der Waals surface area contributed by atoms with Crippen molar-refractivity contribution in [2.45, 2.75) is 58.3 Å². The van der Waals surface area contributed by atoms with Gasteiger partial charge in [0, 0.05) is 8.95 Å². The van der Waals surface area contributed by atoms with Crippen molar-refractivity contribution < 1.29 is 4.74 Å². The summed E-state index contributed by atoms with van der Waals surface area (Å²) in [7, 11) is 0. The van der Waals surface area contributed by atoms with Crippen LogP contribution in [0.15, 0.2) is 25.6 Å². The van der Waals surface area contributed by atoms with Crippen molar-refractivity contribution in [3.05, 3.63) is 25.6 Å². The Morgan fingerprint density at radius 3 is 2.05 bits per heavy atom. The van der Waals surface area contributed by atoms with Gasteiger partial charge in [0.05, 0.1) is 11.1 Å². The Morgan fingerprint density at radius 2 is 1.40 bits per heavy atom. The number of rotatable bonds is 10. The van der Waals surface area contributed by atoms with Crippen LogP contribution in [-0.2, 0) is 0 Å². The quantitative estimate of drug-likeness (QED) is 0.254. The molecule has 0 heterocycles. The second-order valence-electron chi connectivity index (χ2n) is 5.00. The van der Waals surface area contributed by atoms with E-state index in [4.69, 9.17) is 4.74 Å². The van der Waals surface area contributed by atoms with E-state index in [0.29, 0.717) is 0 Å². The van der Waals surface area contributed by atoms with Gasteiger partial charge < -0.3 is 4.74 Å². The van der Waals surface area contributed by atoms with Gasteiger partial charge in [0.1, 0.15) is 5.75 Å². The van der Waals surface area contributed by atoms with Gasteiger partial charge in [0.25, 0.3) is 0 Å². The normalized spacial score (nSPS) is 10.8. The van der Waals surface area contributed by atoms with Crippen molar-refractivity contribution in [1.82, 2.24) is 0 Å². The topological polar surface area (TPSA) is 9.23 Å². The molecule has 0 bridgehead atoms. The Hall–Kier alpha value is 0.460. The van der Waals surface area contributed by atoms with E-state index in [2.05, 4.69) is 54.7 Å². The second-order valence-corrected chi connectivity index (χ2v) is 7.44. The molecule has 0 aliphatic carbocycles. The van der Waals surface area contributed by atoms with Gasteiger partial charge in [-0.15, -0.1) is 0 Å². The molecule has 0 saturated carbocycles. The lowest BCUT2D eigenvalue weighted by molar-refractivity contribution is 0.302. The Labute approximate surface area is 148 Å². The summed E-state index contributed by atoms with van der Waals surface area (Å²) in [6.45, 7) is 3.05. The lowest BCUT2D eigenvalue weighted by Crippen LogP contribution is -1.98. The average Bonchev–Trinajstić information content (AvgIpc) is 2.45. The van der Waals surface area contributed by atoms with Crippen LogP contribution in [0.1, 0.15) is 58.3 Å². The lowest BCUT2D eigenvalue weighted by Gasteiger charge is -2.10. The van der Waals surface area contributed by atoms with Gasteiger partial charge >= 0.3 is 0 Å². The van der Waals surface area contributed by atoms with Crippen molar-refractivity contribution in [3.8, 4) is 5.75 Å². The van der Waals surface area contributed by atoms with E-state index in [1.54, 1.807) is 0 Å². The van der Waals surface area contributed by atoms with Gasteiger partial charge in [-0.3, -0.25) is 0 Å². The van der Waals surface area contributed by atoms with Gasteiger partial charge in [-0.05, 0) is 66.3 Å². The Balaban J connectivity index is 2.11. The maximum Gasteiger partial charge on any atom is 0.134 e. The van der Waals surface area contributed by atoms with Crippen molar-refractivity contribution >= 4 is 47.8 Å². The van der Waals surface area contributed by atoms with Crippen LogP contribution < -0.4 is 4.74 Å². The standard InChI is InChI=1S/C16H23Br3O/c1-2-3-4-5-6-7-8-9-12-20-14-11-10-13(17)15(18)16(14)19/h10-11H,2-9,12H2,1H3. The summed E-state index contributed by atoms with van der Waals surface area (Å²) >= 11 is 10.5. The summed E-state index contributed by atoms with van der Waals surface area (Å²) < 4.78 is 8.83. The number of ether oxygens (including phenoxy) is 1. The van der Waals surface area contributed by atoms with Crippen LogP contribution in [0.2, 0.25) is 0 Å². The number of hydrogen-bond donors (Lipinski definition) is 0. The molecule has 0 aliphatic rings. The molecule has 0 amide bonds. The molecule has 1 aromatic rings. The third kappa shape index (κ3) is 6.95. The summed E-state index contributed by atoms with van der Waals surface area (Å²) in [5.41, 5.74) is 0. The molecule has 0 spiro atoms. The number of benzene rings is 1. The van der Waals surface area contributed by atoms with Crippen molar-refractivity contribution in [3.63, 3.8) is 0 Å². The molecular formula is C16H23Br3O. The third-order valence-electron chi connectivity index (χ3n) is 3.26. The highest BCUT2D eigenvalue weighted by Crippen LogP contribution is 2.37. The highest BCUT2D eigenvalue weighted by molar-refractivity contribution is 9.14. The van der Waals surface area contributed by atoms with E-state index >= 15 is 0 Å². The van der Waals surface area contributed by atoms with Crippen LogP contribution in [-0.4, -0.2) is 6.61 Å². The summed E-state index contributed by atoms with van der Waals surface area (Å²) in [4.78, 5) is 0. The molecule has 0 N–H and O–H groups in total. The first-order chi connectivity index (χ1) is 9.66. The van der Waals surface area contributed by atoms with Crippen LogP contribution in [0.3, 0.4) is 0 Å². The first-order valence-electron chi connectivity index (χ1n) is 7.43. The molecule has 0 radical (unpaired) electrons. The van der Waals surface area contributed by atoms with E-state index in [-0.39, 0.29) is 0 Å². The zero-order valence-electron chi connectivity index (χ0n) is 12.1. The molecule has 1 nitrogen and oxygen atoms in total. The van der Waals surface area contributed by atoms with E-state index in [0.717, 1.165) is 32.2 Å². The molecule has 0 aliphatic heterocycles. The monoisotopic (exact) mass is 468 g/mol. The highest BCUT2D eigenvalue weighted by Gasteiger charge is 2.08. The van der Waals surface area contributed by atoms with Crippen molar-refractivity contribution in [2.75, 3.05) is 6.61 Å². The first-order valence-corrected chi connectivity index (χ1v) is 9.81. The fourth-order valence-electron chi connectivity index (χ4n) is 2.04. The van der Waals surface area contributed by atoms with Crippen molar-refractivity contribution in [1.29, 1.82) is 0 Å². The second kappa shape index (κ2) is 11.1. The molecule has 1 aromatic carbocycles. The minimum atomic E-state index is 0.793. The predicted octanol–water partition coefficient (Wildman–Crippen LogP) is 7.49. The number of hydrogen-bond acceptors (Lipinski definition) is 1. The van der Waals surface area contributed by atoms with Crippen LogP contribution >= 0.6 is 47.8 Å². The smallest absolute Gasteiger partial charge is 0.134 e. The Kier molecular flexibility index (Phi) is 10.3. The van der Waals surface area contributed by atoms with Gasteiger partial charge in [-0.25, -0.2) is 0 Å². The zero-order valence-corrected chi connectivity index (χ0v) is 16.8. The molecule has 0 atom stereocenters. The third-order valence-corrected chi connectivity index (χ3v) is 6.59. The SMILES string of the molecule is CCCCCCCCCCOc1ccc(Br)c(Br)c1Br. The zero-order chi connectivity index (χ0) is 14.8. The molecule has 0 fully saturated rings. The number of unbranched alkanes of at least 4 members (excludes halogenated alkanes) is 7. The molecule has 0 saturated heterocycles. The van der Waals surface area contributed by atoms with E-state index in [1.807, 2.05) is 12.1 Å². The molecule has 0 unspecified atom stereocenters. The highest BCUT2D eigenvalue weighted by atomic mass is 79.9. The first kappa shape index (κ1) is 18.5. The Bertz CT molecular complexity index is 394. The van der Waals surface area contributed by atoms with E-state index in [9.17, 15) is 0 Å². The minimum Gasteiger partial charge on any atom is -0.492 e. The van der Waals surface area contributed by atoms with Gasteiger partial charge in [-0.1, -0.05) is 51.9 Å². The fourth-order valence-corrected chi connectivity index (χ4v) is 3.42. The maximum atomic E-state index is 5.82. The fraction of sp³-hybridized carbons (Fsp3) is 0.625. The van der Waals surface area contributed by atoms with E-state index < -0.39 is 0 Å². The van der Waals surface area contributed by atoms with Crippen LogP contribution in [0.25, 0.3) is 0 Å². The molecule has 0 aromatic heterocycles. The van der Waals surface area contributed by atoms with Crippen LogP contribution in [0, 0.1) is 0 Å². The maximum absolute atomic E-state index is 5.82. The predicted molar refractivity (Wildman–Crippen MR) is 97.6 cm³/mol. The van der Waals surface area contributed by atoms with Crippen LogP contribution in [0.5, 0.6) is 5.75 Å². The Morgan fingerprint density at radius 1 is 0.800 bits per heavy atom. The summed E-state index contributed by atoms with van der Waals surface area (Å²) in [6.07, 6.45) is 10.6. The van der Waals surface area contributed by atoms with E-state index in [1.165, 1.54) is 44.9 Å². The molecule has 1 rings (SSSR count). The summed E-state index contributed by atoms with van der Waals surface area (Å²) in [5.74, 6) is 0.906.